The minimum atomic E-state index is -0.627. The van der Waals surface area contributed by atoms with Crippen LogP contribution in [-0.4, -0.2) is 11.8 Å². The first-order valence-electron chi connectivity index (χ1n) is 10.5. The molecule has 0 radical (unpaired) electrons. The number of piperidine rings is 1. The van der Waals surface area contributed by atoms with Crippen LogP contribution in [-0.2, 0) is 15.0 Å². The zero-order chi connectivity index (χ0) is 21.3. The normalized spacial score (nSPS) is 18.9. The number of hydrogen-bond acceptors (Lipinski definition) is 2. The zero-order valence-corrected chi connectivity index (χ0v) is 17.7. The summed E-state index contributed by atoms with van der Waals surface area (Å²) in [5.74, 6) is -0.359. The van der Waals surface area contributed by atoms with Crippen molar-refractivity contribution in [3.8, 4) is 16.8 Å². The average Bonchev–Trinajstić information content (AvgIpc) is 2.75. The van der Waals surface area contributed by atoms with Crippen molar-refractivity contribution in [1.29, 1.82) is 0 Å². The molecule has 30 heavy (non-hydrogen) atoms. The number of benzene rings is 2. The van der Waals surface area contributed by atoms with E-state index < -0.39 is 5.41 Å². The number of nitrogens with one attached hydrogen (secondary N) is 1. The number of hydrogen-bond donors (Lipinski definition) is 1. The third kappa shape index (κ3) is 3.43. The molecule has 0 aliphatic carbocycles. The van der Waals surface area contributed by atoms with Crippen molar-refractivity contribution in [2.24, 2.45) is 0 Å². The van der Waals surface area contributed by atoms with Gasteiger partial charge in [0.2, 0.25) is 17.5 Å². The molecule has 152 valence electrons. The van der Waals surface area contributed by atoms with Crippen LogP contribution in [0.2, 0.25) is 0 Å². The van der Waals surface area contributed by atoms with Crippen LogP contribution < -0.4 is 9.88 Å². The molecule has 1 N–H and O–H groups in total. The van der Waals surface area contributed by atoms with E-state index in [0.717, 1.165) is 22.6 Å². The number of nitrogens with zero attached hydrogens (tertiary/aromatic N) is 1. The molecular weight excluding hydrogens is 372 g/mol. The number of pyridine rings is 1. The van der Waals surface area contributed by atoms with E-state index in [-0.39, 0.29) is 11.8 Å². The summed E-state index contributed by atoms with van der Waals surface area (Å²) >= 11 is 0. The van der Waals surface area contributed by atoms with Gasteiger partial charge in [-0.2, -0.15) is 4.57 Å². The predicted molar refractivity (Wildman–Crippen MR) is 117 cm³/mol. The summed E-state index contributed by atoms with van der Waals surface area (Å²) in [6.45, 7) is 6.23. The van der Waals surface area contributed by atoms with E-state index in [1.54, 1.807) is 0 Å². The standard InChI is InChI=1S/C26H26N2O2/c1-4-26(15-14-24(29)27-25(26)30)22-10-12-23(13-11-22)28-18(2)16-21(17-19(28)3)20-8-6-5-7-9-20/h5-13,16-17H,4,14-15H2,1-3H3/p+1. The predicted octanol–water partition coefficient (Wildman–Crippen LogP) is 4.33. The van der Waals surface area contributed by atoms with Gasteiger partial charge in [-0.05, 0) is 29.5 Å². The van der Waals surface area contributed by atoms with Gasteiger partial charge in [0.15, 0.2) is 11.4 Å². The van der Waals surface area contributed by atoms with Crippen LogP contribution in [0.5, 0.6) is 0 Å². The molecule has 1 unspecified atom stereocenters. The number of aryl methyl sites for hydroxylation is 2. The van der Waals surface area contributed by atoms with Crippen LogP contribution in [0.3, 0.4) is 0 Å². The molecule has 1 fully saturated rings. The molecule has 0 bridgehead atoms. The summed E-state index contributed by atoms with van der Waals surface area (Å²) in [6, 6.07) is 23.0. The van der Waals surface area contributed by atoms with Gasteiger partial charge in [-0.1, -0.05) is 49.4 Å². The Bertz CT molecular complexity index is 1080. The maximum Gasteiger partial charge on any atom is 0.237 e. The van der Waals surface area contributed by atoms with E-state index in [9.17, 15) is 9.59 Å². The van der Waals surface area contributed by atoms with Crippen molar-refractivity contribution in [2.75, 3.05) is 0 Å². The molecule has 2 amide bonds. The van der Waals surface area contributed by atoms with Gasteiger partial charge >= 0.3 is 0 Å². The molecule has 4 rings (SSSR count). The average molecular weight is 400 g/mol. The molecule has 1 aliphatic rings. The molecule has 1 aromatic heterocycles. The first-order chi connectivity index (χ1) is 14.4. The molecule has 1 aliphatic heterocycles. The fourth-order valence-corrected chi connectivity index (χ4v) is 4.60. The highest BCUT2D eigenvalue weighted by Crippen LogP contribution is 2.36. The lowest BCUT2D eigenvalue weighted by molar-refractivity contribution is -0.609. The van der Waals surface area contributed by atoms with Crippen molar-refractivity contribution in [1.82, 2.24) is 5.32 Å². The highest BCUT2D eigenvalue weighted by Gasteiger charge is 2.42. The maximum absolute atomic E-state index is 12.7. The van der Waals surface area contributed by atoms with Crippen LogP contribution in [0, 0.1) is 13.8 Å². The molecular formula is C26H27N2O2+. The third-order valence-electron chi connectivity index (χ3n) is 6.29. The van der Waals surface area contributed by atoms with Crippen LogP contribution in [0.15, 0.2) is 66.7 Å². The fourth-order valence-electron chi connectivity index (χ4n) is 4.60. The SMILES string of the molecule is CCC1(c2ccc(-[n+]3c(C)cc(-c4ccccc4)cc3C)cc2)CCC(=O)NC1=O. The Morgan fingerprint density at radius 2 is 1.53 bits per heavy atom. The van der Waals surface area contributed by atoms with Gasteiger partial charge in [-0.3, -0.25) is 14.9 Å². The van der Waals surface area contributed by atoms with Crippen molar-refractivity contribution in [3.05, 3.63) is 83.7 Å². The lowest BCUT2D eigenvalue weighted by atomic mass is 9.72. The van der Waals surface area contributed by atoms with E-state index in [4.69, 9.17) is 0 Å². The minimum Gasteiger partial charge on any atom is -0.296 e. The van der Waals surface area contributed by atoms with E-state index >= 15 is 0 Å². The second-order valence-electron chi connectivity index (χ2n) is 8.09. The summed E-state index contributed by atoms with van der Waals surface area (Å²) in [4.78, 5) is 24.3. The van der Waals surface area contributed by atoms with E-state index in [1.807, 2.05) is 25.1 Å². The Morgan fingerprint density at radius 1 is 0.900 bits per heavy atom. The maximum atomic E-state index is 12.7. The zero-order valence-electron chi connectivity index (χ0n) is 17.7. The Balaban J connectivity index is 1.69. The van der Waals surface area contributed by atoms with Gasteiger partial charge in [0.05, 0.1) is 5.41 Å². The molecule has 4 heteroatoms. The van der Waals surface area contributed by atoms with Gasteiger partial charge in [0.25, 0.3) is 0 Å². The number of carbonyl (C=O) groups is 2. The van der Waals surface area contributed by atoms with E-state index in [2.05, 4.69) is 72.3 Å². The summed E-state index contributed by atoms with van der Waals surface area (Å²) in [5, 5.41) is 2.52. The summed E-state index contributed by atoms with van der Waals surface area (Å²) in [6.07, 6.45) is 1.61. The highest BCUT2D eigenvalue weighted by molar-refractivity contribution is 6.03. The van der Waals surface area contributed by atoms with Crippen molar-refractivity contribution >= 4 is 11.8 Å². The molecule has 2 heterocycles. The molecule has 1 atom stereocenters. The first kappa shape index (κ1) is 20.0. The Kier molecular flexibility index (Phi) is 5.25. The van der Waals surface area contributed by atoms with Crippen LogP contribution >= 0.6 is 0 Å². The summed E-state index contributed by atoms with van der Waals surface area (Å²) in [5.41, 5.74) is 6.10. The Morgan fingerprint density at radius 3 is 2.10 bits per heavy atom. The monoisotopic (exact) mass is 399 g/mol. The number of amides is 2. The number of rotatable bonds is 4. The van der Waals surface area contributed by atoms with Crippen LogP contribution in [0.1, 0.15) is 43.1 Å². The minimum absolute atomic E-state index is 0.179. The molecule has 2 aromatic carbocycles. The molecule has 4 nitrogen and oxygen atoms in total. The van der Waals surface area contributed by atoms with Gasteiger partial charge in [-0.25, -0.2) is 0 Å². The molecule has 1 saturated heterocycles. The van der Waals surface area contributed by atoms with Crippen molar-refractivity contribution in [2.45, 2.75) is 45.4 Å². The second kappa shape index (κ2) is 7.86. The van der Waals surface area contributed by atoms with Crippen molar-refractivity contribution in [3.63, 3.8) is 0 Å². The second-order valence-corrected chi connectivity index (χ2v) is 8.09. The fraction of sp³-hybridized carbons (Fsp3) is 0.269. The first-order valence-corrected chi connectivity index (χ1v) is 10.5. The van der Waals surface area contributed by atoms with Gasteiger partial charge in [0.1, 0.15) is 0 Å². The molecule has 0 saturated carbocycles. The molecule has 0 spiro atoms. The van der Waals surface area contributed by atoms with E-state index in [0.29, 0.717) is 19.3 Å². The summed E-state index contributed by atoms with van der Waals surface area (Å²) in [7, 11) is 0. The van der Waals surface area contributed by atoms with Gasteiger partial charge in [-0.15, -0.1) is 0 Å². The number of aromatic nitrogens is 1. The Labute approximate surface area is 177 Å². The van der Waals surface area contributed by atoms with E-state index in [1.165, 1.54) is 11.1 Å². The van der Waals surface area contributed by atoms with Crippen LogP contribution in [0.25, 0.3) is 16.8 Å². The lowest BCUT2D eigenvalue weighted by Crippen LogP contribution is -2.51. The largest absolute Gasteiger partial charge is 0.296 e. The Hall–Kier alpha value is -3.27. The summed E-state index contributed by atoms with van der Waals surface area (Å²) < 4.78 is 2.22. The molecule has 3 aromatic rings. The quantitative estimate of drug-likeness (QED) is 0.524. The topological polar surface area (TPSA) is 50.0 Å². The lowest BCUT2D eigenvalue weighted by Gasteiger charge is -2.34. The number of imide groups is 1. The van der Waals surface area contributed by atoms with Crippen molar-refractivity contribution < 1.29 is 14.2 Å². The third-order valence-corrected chi connectivity index (χ3v) is 6.29. The van der Waals surface area contributed by atoms with Gasteiger partial charge < -0.3 is 0 Å². The number of carbonyl (C=O) groups excluding carboxylic acids is 2. The highest BCUT2D eigenvalue weighted by atomic mass is 16.2. The van der Waals surface area contributed by atoms with Crippen LogP contribution in [0.4, 0.5) is 0 Å². The van der Waals surface area contributed by atoms with Gasteiger partial charge in [0, 0.05) is 44.5 Å². The smallest absolute Gasteiger partial charge is 0.237 e.